The lowest BCUT2D eigenvalue weighted by molar-refractivity contribution is -0.156. The fourth-order valence-electron chi connectivity index (χ4n) is 6.87. The van der Waals surface area contributed by atoms with Crippen molar-refractivity contribution >= 4 is 23.5 Å². The fraction of sp³-hybridized carbons (Fsp3) is 0.818. The molecule has 3 saturated heterocycles. The van der Waals surface area contributed by atoms with E-state index in [1.54, 1.807) is 4.90 Å². The molecule has 0 aromatic rings. The zero-order valence-electron chi connectivity index (χ0n) is 18.4. The number of ketones is 1. The van der Waals surface area contributed by atoms with E-state index in [-0.39, 0.29) is 28.6 Å². The van der Waals surface area contributed by atoms with E-state index < -0.39 is 35.0 Å². The Kier molecular flexibility index (Phi) is 4.80. The van der Waals surface area contributed by atoms with Crippen LogP contribution in [-0.4, -0.2) is 60.6 Å². The normalized spacial score (nSPS) is 36.9. The summed E-state index contributed by atoms with van der Waals surface area (Å²) in [6, 6.07) is -0.668. The zero-order chi connectivity index (χ0) is 22.1. The number of hydrogen-bond acceptors (Lipinski definition) is 5. The van der Waals surface area contributed by atoms with Crippen LogP contribution in [0.5, 0.6) is 0 Å². The molecule has 0 spiro atoms. The van der Waals surface area contributed by atoms with Crippen molar-refractivity contribution in [3.05, 3.63) is 0 Å². The number of piperidine rings is 2. The van der Waals surface area contributed by atoms with Crippen LogP contribution in [0.15, 0.2) is 0 Å². The third kappa shape index (κ3) is 2.90. The molecule has 30 heavy (non-hydrogen) atoms. The first-order valence-corrected chi connectivity index (χ1v) is 11.1. The van der Waals surface area contributed by atoms with Gasteiger partial charge in [0.15, 0.2) is 0 Å². The highest BCUT2D eigenvalue weighted by Gasteiger charge is 2.81. The SMILES string of the molecule is CC1(C)CN(C(=O)C(=O)[C@@H](C[C@@H]2CCCNC2=O)C23C(C(N)=O)NCC2C3(C)C)C1. The maximum absolute atomic E-state index is 13.6. The summed E-state index contributed by atoms with van der Waals surface area (Å²) in [5, 5.41) is 6.07. The van der Waals surface area contributed by atoms with Crippen molar-refractivity contribution < 1.29 is 19.2 Å². The summed E-state index contributed by atoms with van der Waals surface area (Å²) in [6.45, 7) is 10.5. The zero-order valence-corrected chi connectivity index (χ0v) is 18.4. The van der Waals surface area contributed by atoms with Crippen LogP contribution in [0.3, 0.4) is 0 Å². The predicted octanol–water partition coefficient (Wildman–Crippen LogP) is 0.0559. The van der Waals surface area contributed by atoms with E-state index in [0.717, 1.165) is 6.42 Å². The molecule has 1 aliphatic carbocycles. The fourth-order valence-corrected chi connectivity index (χ4v) is 6.87. The van der Waals surface area contributed by atoms with E-state index in [2.05, 4.69) is 24.5 Å². The van der Waals surface area contributed by atoms with Gasteiger partial charge in [-0.05, 0) is 42.6 Å². The monoisotopic (exact) mass is 418 g/mol. The van der Waals surface area contributed by atoms with Gasteiger partial charge in [0.2, 0.25) is 17.6 Å². The lowest BCUT2D eigenvalue weighted by Crippen LogP contribution is -2.59. The summed E-state index contributed by atoms with van der Waals surface area (Å²) in [4.78, 5) is 53.2. The maximum atomic E-state index is 13.6. The summed E-state index contributed by atoms with van der Waals surface area (Å²) in [7, 11) is 0. The van der Waals surface area contributed by atoms with Gasteiger partial charge in [0.1, 0.15) is 0 Å². The van der Waals surface area contributed by atoms with E-state index in [4.69, 9.17) is 5.73 Å². The minimum Gasteiger partial charge on any atom is -0.368 e. The van der Waals surface area contributed by atoms with E-state index in [9.17, 15) is 19.2 Å². The van der Waals surface area contributed by atoms with E-state index >= 15 is 0 Å². The van der Waals surface area contributed by atoms with Crippen LogP contribution < -0.4 is 16.4 Å². The van der Waals surface area contributed by atoms with Crippen LogP contribution in [0, 0.1) is 34.0 Å². The Labute approximate surface area is 177 Å². The number of carbonyl (C=O) groups excluding carboxylic acids is 4. The van der Waals surface area contributed by atoms with Crippen molar-refractivity contribution in [2.24, 2.45) is 39.7 Å². The Morgan fingerprint density at radius 3 is 2.40 bits per heavy atom. The molecule has 1 saturated carbocycles. The molecule has 3 unspecified atom stereocenters. The quantitative estimate of drug-likeness (QED) is 0.527. The highest BCUT2D eigenvalue weighted by atomic mass is 16.2. The number of nitrogens with one attached hydrogen (secondary N) is 2. The van der Waals surface area contributed by atoms with Gasteiger partial charge in [-0.2, -0.15) is 0 Å². The van der Waals surface area contributed by atoms with Gasteiger partial charge in [0.25, 0.3) is 5.91 Å². The Morgan fingerprint density at radius 2 is 1.87 bits per heavy atom. The molecule has 0 bridgehead atoms. The number of primary amides is 1. The minimum atomic E-state index is -0.719. The number of nitrogens with two attached hydrogens (primary N) is 1. The third-order valence-corrected chi connectivity index (χ3v) is 8.32. The number of fused-ring (bicyclic) bond motifs is 1. The van der Waals surface area contributed by atoms with Gasteiger partial charge in [0.05, 0.1) is 6.04 Å². The van der Waals surface area contributed by atoms with Gasteiger partial charge in [-0.3, -0.25) is 19.2 Å². The summed E-state index contributed by atoms with van der Waals surface area (Å²) in [5.41, 5.74) is 4.73. The first-order chi connectivity index (χ1) is 13.9. The molecule has 166 valence electrons. The minimum absolute atomic E-state index is 0.0129. The predicted molar refractivity (Wildman–Crippen MR) is 110 cm³/mol. The summed E-state index contributed by atoms with van der Waals surface area (Å²) >= 11 is 0. The van der Waals surface area contributed by atoms with Crippen molar-refractivity contribution in [2.75, 3.05) is 26.2 Å². The van der Waals surface area contributed by atoms with Crippen molar-refractivity contribution in [2.45, 2.75) is 53.0 Å². The molecule has 0 aromatic heterocycles. The molecule has 8 heteroatoms. The number of rotatable bonds is 6. The van der Waals surface area contributed by atoms with Crippen molar-refractivity contribution in [1.82, 2.24) is 15.5 Å². The molecule has 3 amide bonds. The van der Waals surface area contributed by atoms with Gasteiger partial charge in [-0.25, -0.2) is 0 Å². The van der Waals surface area contributed by atoms with Crippen molar-refractivity contribution in [3.63, 3.8) is 0 Å². The summed E-state index contributed by atoms with van der Waals surface area (Å²) < 4.78 is 0. The van der Waals surface area contributed by atoms with Gasteiger partial charge >= 0.3 is 0 Å². The highest BCUT2D eigenvalue weighted by molar-refractivity contribution is 6.37. The topological polar surface area (TPSA) is 122 Å². The van der Waals surface area contributed by atoms with Crippen LogP contribution in [-0.2, 0) is 19.2 Å². The number of carbonyl (C=O) groups is 4. The number of amides is 3. The molecule has 4 aliphatic rings. The van der Waals surface area contributed by atoms with E-state index in [0.29, 0.717) is 39.0 Å². The third-order valence-electron chi connectivity index (χ3n) is 8.32. The number of Topliss-reactive ketones (excluding diaryl/α,β-unsaturated/α-hetero) is 1. The molecule has 4 fully saturated rings. The van der Waals surface area contributed by atoms with Gasteiger partial charge in [-0.15, -0.1) is 0 Å². The number of nitrogens with zero attached hydrogens (tertiary/aromatic N) is 1. The first-order valence-electron chi connectivity index (χ1n) is 11.1. The molecule has 8 nitrogen and oxygen atoms in total. The molecular formula is C22H34N4O4. The molecule has 5 atom stereocenters. The Bertz CT molecular complexity index is 799. The second-order valence-corrected chi connectivity index (χ2v) is 11.1. The first kappa shape index (κ1) is 21.3. The maximum Gasteiger partial charge on any atom is 0.290 e. The molecule has 3 aliphatic heterocycles. The van der Waals surface area contributed by atoms with Crippen LogP contribution >= 0.6 is 0 Å². The van der Waals surface area contributed by atoms with E-state index in [1.165, 1.54) is 0 Å². The molecule has 4 rings (SSSR count). The summed E-state index contributed by atoms with van der Waals surface area (Å²) in [5.74, 6) is -2.46. The molecule has 0 radical (unpaired) electrons. The average molecular weight is 419 g/mol. The second kappa shape index (κ2) is 6.77. The van der Waals surface area contributed by atoms with Crippen molar-refractivity contribution in [3.8, 4) is 0 Å². The Balaban J connectivity index is 1.67. The van der Waals surface area contributed by atoms with Crippen LogP contribution in [0.1, 0.15) is 47.0 Å². The largest absolute Gasteiger partial charge is 0.368 e. The summed E-state index contributed by atoms with van der Waals surface area (Å²) in [6.07, 6.45) is 1.83. The second-order valence-electron chi connectivity index (χ2n) is 11.1. The average Bonchev–Trinajstić information content (AvgIpc) is 2.96. The Morgan fingerprint density at radius 1 is 1.20 bits per heavy atom. The lowest BCUT2D eigenvalue weighted by Gasteiger charge is -2.46. The van der Waals surface area contributed by atoms with Crippen molar-refractivity contribution in [1.29, 1.82) is 0 Å². The van der Waals surface area contributed by atoms with Crippen LogP contribution in [0.2, 0.25) is 0 Å². The van der Waals surface area contributed by atoms with E-state index in [1.807, 2.05) is 13.8 Å². The smallest absolute Gasteiger partial charge is 0.290 e. The Hall–Kier alpha value is -1.96. The van der Waals surface area contributed by atoms with Gasteiger partial charge in [0, 0.05) is 36.9 Å². The van der Waals surface area contributed by atoms with Crippen LogP contribution in [0.25, 0.3) is 0 Å². The molecule has 3 heterocycles. The van der Waals surface area contributed by atoms with Gasteiger partial charge in [-0.1, -0.05) is 27.7 Å². The standard InChI is InChI=1S/C22H34N4O4/c1-20(2)10-26(11-20)19(30)15(27)13(8-12-6-5-7-24-18(12)29)22-14(21(22,3)4)9-25-16(22)17(23)28/h12-14,16,25H,5-11H2,1-4H3,(H2,23,28)(H,24,29)/t12-,13+,14?,16?,22?/m0/s1. The number of hydrogen-bond donors (Lipinski definition) is 3. The molecular weight excluding hydrogens is 384 g/mol. The number of likely N-dealkylation sites (tertiary alicyclic amines) is 1. The van der Waals surface area contributed by atoms with Crippen LogP contribution in [0.4, 0.5) is 0 Å². The van der Waals surface area contributed by atoms with Gasteiger partial charge < -0.3 is 21.3 Å². The molecule has 4 N–H and O–H groups in total. The molecule has 0 aromatic carbocycles. The lowest BCUT2D eigenvalue weighted by atomic mass is 9.69. The highest BCUT2D eigenvalue weighted by Crippen LogP contribution is 2.77.